The van der Waals surface area contributed by atoms with E-state index in [-0.39, 0.29) is 0 Å². The van der Waals surface area contributed by atoms with Crippen LogP contribution in [0, 0.1) is 0 Å². The summed E-state index contributed by atoms with van der Waals surface area (Å²) in [6.45, 7) is 1.98. The fourth-order valence-electron chi connectivity index (χ4n) is 1.42. The summed E-state index contributed by atoms with van der Waals surface area (Å²) in [6, 6.07) is 0. The Labute approximate surface area is 87.3 Å². The maximum atomic E-state index is 12.0. The van der Waals surface area contributed by atoms with Crippen molar-refractivity contribution in [3.05, 3.63) is 18.7 Å². The number of nitrogens with zero attached hydrogens (tertiary/aromatic N) is 2. The van der Waals surface area contributed by atoms with Crippen LogP contribution in [0.25, 0.3) is 0 Å². The van der Waals surface area contributed by atoms with E-state index in [9.17, 15) is 13.2 Å². The van der Waals surface area contributed by atoms with Crippen LogP contribution in [-0.4, -0.2) is 10.7 Å². The Bertz CT molecular complexity index is 291. The maximum Gasteiger partial charge on any atom is 0.426 e. The summed E-state index contributed by atoms with van der Waals surface area (Å²) in [5, 5.41) is 0. The SMILES string of the molecule is CCCCCn1cc[n+](CC(F)(F)F)c1. The number of hydrogen-bond donors (Lipinski definition) is 0. The molecule has 1 heterocycles. The molecule has 0 aliphatic rings. The van der Waals surface area contributed by atoms with Crippen molar-refractivity contribution in [3.8, 4) is 0 Å². The molecule has 0 atom stereocenters. The van der Waals surface area contributed by atoms with Crippen LogP contribution < -0.4 is 4.57 Å². The lowest BCUT2D eigenvalue weighted by atomic mass is 10.2. The normalized spacial score (nSPS) is 12.0. The Morgan fingerprint density at radius 1 is 1.27 bits per heavy atom. The number of rotatable bonds is 5. The number of imidazole rings is 1. The zero-order chi connectivity index (χ0) is 11.3. The minimum Gasteiger partial charge on any atom is -0.237 e. The molecule has 1 rings (SSSR count). The van der Waals surface area contributed by atoms with Gasteiger partial charge in [-0.3, -0.25) is 0 Å². The fraction of sp³-hybridized carbons (Fsp3) is 0.700. The minimum atomic E-state index is -4.14. The average molecular weight is 221 g/mol. The molecule has 0 amide bonds. The average Bonchev–Trinajstić information content (AvgIpc) is 2.50. The second-order valence-electron chi connectivity index (χ2n) is 3.65. The van der Waals surface area contributed by atoms with Crippen LogP contribution in [0.2, 0.25) is 0 Å². The van der Waals surface area contributed by atoms with Gasteiger partial charge in [-0.05, 0) is 12.8 Å². The molecule has 0 aliphatic heterocycles. The highest BCUT2D eigenvalue weighted by molar-refractivity contribution is 4.66. The van der Waals surface area contributed by atoms with Crippen molar-refractivity contribution in [2.75, 3.05) is 0 Å². The summed E-state index contributed by atoms with van der Waals surface area (Å²) in [7, 11) is 0. The van der Waals surface area contributed by atoms with E-state index in [4.69, 9.17) is 0 Å². The third-order valence-corrected chi connectivity index (χ3v) is 2.13. The lowest BCUT2D eigenvalue weighted by molar-refractivity contribution is -0.718. The van der Waals surface area contributed by atoms with Gasteiger partial charge in [-0.1, -0.05) is 13.3 Å². The minimum absolute atomic E-state index is 0.790. The molecule has 0 spiro atoms. The summed E-state index contributed by atoms with van der Waals surface area (Å²) in [5.41, 5.74) is 0. The first-order chi connectivity index (χ1) is 7.01. The van der Waals surface area contributed by atoms with Crippen LogP contribution in [0.15, 0.2) is 18.7 Å². The van der Waals surface area contributed by atoms with Gasteiger partial charge >= 0.3 is 6.18 Å². The third-order valence-electron chi connectivity index (χ3n) is 2.13. The van der Waals surface area contributed by atoms with Crippen molar-refractivity contribution in [2.45, 2.75) is 45.5 Å². The van der Waals surface area contributed by atoms with Crippen molar-refractivity contribution in [1.82, 2.24) is 4.57 Å². The molecule has 15 heavy (non-hydrogen) atoms. The van der Waals surface area contributed by atoms with Crippen LogP contribution in [-0.2, 0) is 13.1 Å². The van der Waals surface area contributed by atoms with Crippen LogP contribution in [0.3, 0.4) is 0 Å². The maximum absolute atomic E-state index is 12.0. The van der Waals surface area contributed by atoms with E-state index in [1.807, 2.05) is 0 Å². The molecule has 0 bridgehead atoms. The first-order valence-electron chi connectivity index (χ1n) is 5.13. The largest absolute Gasteiger partial charge is 0.426 e. The summed E-state index contributed by atoms with van der Waals surface area (Å²) in [5.74, 6) is 0. The highest BCUT2D eigenvalue weighted by Gasteiger charge is 2.30. The number of alkyl halides is 3. The second kappa shape index (κ2) is 5.19. The zero-order valence-electron chi connectivity index (χ0n) is 8.80. The molecule has 0 aromatic carbocycles. The van der Waals surface area contributed by atoms with Gasteiger partial charge in [-0.2, -0.15) is 13.2 Å². The monoisotopic (exact) mass is 221 g/mol. The zero-order valence-corrected chi connectivity index (χ0v) is 8.80. The number of hydrogen-bond acceptors (Lipinski definition) is 0. The van der Waals surface area contributed by atoms with Gasteiger partial charge in [0.1, 0.15) is 12.4 Å². The standard InChI is InChI=1S/C10H16F3N2/c1-2-3-4-5-14-6-7-15(9-14)8-10(11,12)13/h6-7,9H,2-5,8H2,1H3/q+1. The molecule has 0 radical (unpaired) electrons. The van der Waals surface area contributed by atoms with Crippen molar-refractivity contribution in [1.29, 1.82) is 0 Å². The topological polar surface area (TPSA) is 8.81 Å². The third kappa shape index (κ3) is 4.85. The Morgan fingerprint density at radius 2 is 2.00 bits per heavy atom. The van der Waals surface area contributed by atoms with Crippen LogP contribution >= 0.6 is 0 Å². The van der Waals surface area contributed by atoms with Gasteiger partial charge in [0.15, 0.2) is 6.54 Å². The van der Waals surface area contributed by atoms with E-state index >= 15 is 0 Å². The summed E-state index contributed by atoms with van der Waals surface area (Å²) in [4.78, 5) is 0. The van der Waals surface area contributed by atoms with Gasteiger partial charge in [0.05, 0.1) is 6.54 Å². The second-order valence-corrected chi connectivity index (χ2v) is 3.65. The predicted octanol–water partition coefficient (Wildman–Crippen LogP) is 2.53. The van der Waals surface area contributed by atoms with Gasteiger partial charge in [0.2, 0.25) is 6.33 Å². The van der Waals surface area contributed by atoms with E-state index in [2.05, 4.69) is 6.92 Å². The van der Waals surface area contributed by atoms with E-state index in [1.165, 1.54) is 12.5 Å². The molecule has 0 saturated carbocycles. The first-order valence-corrected chi connectivity index (χ1v) is 5.13. The van der Waals surface area contributed by atoms with E-state index in [0.29, 0.717) is 0 Å². The Hall–Kier alpha value is -1.00. The van der Waals surface area contributed by atoms with Gasteiger partial charge in [-0.25, -0.2) is 9.13 Å². The molecule has 0 fully saturated rings. The van der Waals surface area contributed by atoms with E-state index in [1.54, 1.807) is 10.8 Å². The van der Waals surface area contributed by atoms with E-state index in [0.717, 1.165) is 30.4 Å². The van der Waals surface area contributed by atoms with Crippen molar-refractivity contribution < 1.29 is 17.7 Å². The fourth-order valence-corrected chi connectivity index (χ4v) is 1.42. The van der Waals surface area contributed by atoms with Crippen LogP contribution in [0.5, 0.6) is 0 Å². The Kier molecular flexibility index (Phi) is 4.17. The molecule has 0 unspecified atom stereocenters. The summed E-state index contributed by atoms with van der Waals surface area (Å²) < 4.78 is 39.0. The van der Waals surface area contributed by atoms with Gasteiger partial charge in [-0.15, -0.1) is 0 Å². The van der Waals surface area contributed by atoms with Crippen molar-refractivity contribution in [2.24, 2.45) is 0 Å². The van der Waals surface area contributed by atoms with Crippen LogP contribution in [0.4, 0.5) is 13.2 Å². The molecule has 0 N–H and O–H groups in total. The lowest BCUT2D eigenvalue weighted by Crippen LogP contribution is -2.39. The molecule has 1 aromatic rings. The first kappa shape index (κ1) is 12.1. The highest BCUT2D eigenvalue weighted by Crippen LogP contribution is 2.13. The Balaban J connectivity index is 2.42. The molecule has 1 aromatic heterocycles. The quantitative estimate of drug-likeness (QED) is 0.533. The molecule has 5 heteroatoms. The Morgan fingerprint density at radius 3 is 2.60 bits per heavy atom. The van der Waals surface area contributed by atoms with Gasteiger partial charge in [0.25, 0.3) is 0 Å². The highest BCUT2D eigenvalue weighted by atomic mass is 19.4. The lowest BCUT2D eigenvalue weighted by Gasteiger charge is -2.01. The number of halogens is 3. The molecule has 86 valence electrons. The number of aromatic nitrogens is 2. The molecular formula is C10H16F3N2+. The summed E-state index contributed by atoms with van der Waals surface area (Å²) in [6.07, 6.45) is 3.74. The molecule has 2 nitrogen and oxygen atoms in total. The number of unbranched alkanes of at least 4 members (excludes halogenated alkanes) is 2. The molecular weight excluding hydrogens is 205 g/mol. The molecule has 0 saturated heterocycles. The smallest absolute Gasteiger partial charge is 0.237 e. The van der Waals surface area contributed by atoms with Gasteiger partial charge in [0, 0.05) is 0 Å². The number of aryl methyl sites for hydroxylation is 1. The van der Waals surface area contributed by atoms with Crippen molar-refractivity contribution >= 4 is 0 Å². The summed E-state index contributed by atoms with van der Waals surface area (Å²) >= 11 is 0. The van der Waals surface area contributed by atoms with Crippen LogP contribution in [0.1, 0.15) is 26.2 Å². The predicted molar refractivity (Wildman–Crippen MR) is 50.2 cm³/mol. The molecule has 0 aliphatic carbocycles. The van der Waals surface area contributed by atoms with Crippen molar-refractivity contribution in [3.63, 3.8) is 0 Å². The van der Waals surface area contributed by atoms with E-state index < -0.39 is 12.7 Å². The van der Waals surface area contributed by atoms with Gasteiger partial charge < -0.3 is 0 Å².